The molecule has 0 spiro atoms. The summed E-state index contributed by atoms with van der Waals surface area (Å²) in [6.45, 7) is 1.08. The molecule has 1 aliphatic carbocycles. The zero-order valence-electron chi connectivity index (χ0n) is 16.1. The predicted molar refractivity (Wildman–Crippen MR) is 120 cm³/mol. The van der Waals surface area contributed by atoms with Crippen molar-refractivity contribution in [1.82, 2.24) is 5.32 Å². The molecule has 0 heterocycles. The van der Waals surface area contributed by atoms with E-state index in [1.165, 1.54) is 38.5 Å². The fraction of sp³-hybridized carbons (Fsp3) is 0.455. The minimum absolute atomic E-state index is 0.279. The van der Waals surface area contributed by atoms with E-state index < -0.39 is 0 Å². The number of nitrogens with one attached hydrogen (secondary N) is 1. The molecule has 1 aliphatic rings. The highest BCUT2D eigenvalue weighted by Gasteiger charge is 2.15. The first kappa shape index (κ1) is 21.8. The molecule has 0 atom stereocenters. The van der Waals surface area contributed by atoms with Gasteiger partial charge in [0.1, 0.15) is 6.61 Å². The number of methoxy groups -OCH3 is 1. The average molecular weight is 487 g/mol. The molecule has 0 saturated heterocycles. The van der Waals surface area contributed by atoms with Gasteiger partial charge in [-0.1, -0.05) is 70.9 Å². The number of hydrogen-bond donors (Lipinski definition) is 1. The van der Waals surface area contributed by atoms with E-state index in [1.54, 1.807) is 7.11 Å². The monoisotopic (exact) mass is 485 g/mol. The molecular weight excluding hydrogens is 461 g/mol. The standard InChI is InChI=1S/C22H26BrCl2NO2/c1-27-21-11-15(13-26-16-7-4-2-3-5-8-16)18(23)12-22(21)28-14-17-19(24)9-6-10-20(17)25/h6,9-12,16,26H,2-5,7-8,13-14H2,1H3. The first-order valence-corrected chi connectivity index (χ1v) is 11.3. The molecule has 0 bridgehead atoms. The quantitative estimate of drug-likeness (QED) is 0.421. The minimum Gasteiger partial charge on any atom is -0.493 e. The van der Waals surface area contributed by atoms with E-state index in [1.807, 2.05) is 30.3 Å². The third-order valence-electron chi connectivity index (χ3n) is 5.20. The van der Waals surface area contributed by atoms with E-state index >= 15 is 0 Å². The zero-order valence-corrected chi connectivity index (χ0v) is 19.2. The number of hydrogen-bond acceptors (Lipinski definition) is 3. The van der Waals surface area contributed by atoms with Crippen molar-refractivity contribution in [1.29, 1.82) is 0 Å². The maximum atomic E-state index is 6.24. The second-order valence-electron chi connectivity index (χ2n) is 7.15. The van der Waals surface area contributed by atoms with Crippen LogP contribution in [-0.4, -0.2) is 13.2 Å². The van der Waals surface area contributed by atoms with Gasteiger partial charge in [-0.05, 0) is 42.7 Å². The van der Waals surface area contributed by atoms with Crippen LogP contribution in [0.15, 0.2) is 34.8 Å². The Morgan fingerprint density at radius 1 is 1.04 bits per heavy atom. The van der Waals surface area contributed by atoms with Crippen LogP contribution in [0, 0.1) is 0 Å². The topological polar surface area (TPSA) is 30.5 Å². The average Bonchev–Trinajstić information content (AvgIpc) is 2.95. The van der Waals surface area contributed by atoms with Crippen LogP contribution in [0.5, 0.6) is 11.5 Å². The van der Waals surface area contributed by atoms with Crippen LogP contribution in [0.3, 0.4) is 0 Å². The molecule has 0 radical (unpaired) electrons. The maximum absolute atomic E-state index is 6.24. The van der Waals surface area contributed by atoms with Gasteiger partial charge in [0.15, 0.2) is 11.5 Å². The van der Waals surface area contributed by atoms with Crippen LogP contribution in [0.2, 0.25) is 10.0 Å². The Morgan fingerprint density at radius 2 is 1.71 bits per heavy atom. The molecule has 0 aliphatic heterocycles. The summed E-state index contributed by atoms with van der Waals surface area (Å²) >= 11 is 16.2. The molecule has 28 heavy (non-hydrogen) atoms. The summed E-state index contributed by atoms with van der Waals surface area (Å²) in [6.07, 6.45) is 7.87. The van der Waals surface area contributed by atoms with Gasteiger partial charge in [-0.25, -0.2) is 0 Å². The van der Waals surface area contributed by atoms with Gasteiger partial charge < -0.3 is 14.8 Å². The van der Waals surface area contributed by atoms with E-state index in [0.29, 0.717) is 27.6 Å². The van der Waals surface area contributed by atoms with Crippen molar-refractivity contribution in [2.45, 2.75) is 57.7 Å². The Kier molecular flexibility index (Phi) is 8.34. The van der Waals surface area contributed by atoms with Gasteiger partial charge in [-0.15, -0.1) is 0 Å². The van der Waals surface area contributed by atoms with Crippen LogP contribution in [0.1, 0.15) is 49.7 Å². The van der Waals surface area contributed by atoms with Crippen LogP contribution in [0.25, 0.3) is 0 Å². The Morgan fingerprint density at radius 3 is 2.36 bits per heavy atom. The van der Waals surface area contributed by atoms with Crippen molar-refractivity contribution < 1.29 is 9.47 Å². The number of ether oxygens (including phenoxy) is 2. The lowest BCUT2D eigenvalue weighted by Crippen LogP contribution is -2.28. The molecule has 0 aromatic heterocycles. The molecule has 0 unspecified atom stereocenters. The van der Waals surface area contributed by atoms with E-state index in [4.69, 9.17) is 32.7 Å². The lowest BCUT2D eigenvalue weighted by atomic mass is 10.1. The fourth-order valence-electron chi connectivity index (χ4n) is 3.54. The molecule has 1 saturated carbocycles. The molecule has 3 rings (SSSR count). The summed E-state index contributed by atoms with van der Waals surface area (Å²) < 4.78 is 12.5. The molecule has 1 fully saturated rings. The summed E-state index contributed by atoms with van der Waals surface area (Å²) in [5, 5.41) is 4.89. The third-order valence-corrected chi connectivity index (χ3v) is 6.65. The van der Waals surface area contributed by atoms with Gasteiger partial charge in [0.2, 0.25) is 0 Å². The lowest BCUT2D eigenvalue weighted by molar-refractivity contribution is 0.284. The van der Waals surface area contributed by atoms with Crippen molar-refractivity contribution in [2.75, 3.05) is 7.11 Å². The summed E-state index contributed by atoms with van der Waals surface area (Å²) in [5.74, 6) is 1.35. The maximum Gasteiger partial charge on any atom is 0.162 e. The van der Waals surface area contributed by atoms with E-state index in [2.05, 4.69) is 21.2 Å². The Hall–Kier alpha value is -0.940. The van der Waals surface area contributed by atoms with Gasteiger partial charge in [0, 0.05) is 32.7 Å². The van der Waals surface area contributed by atoms with Crippen LogP contribution >= 0.6 is 39.1 Å². The summed E-state index contributed by atoms with van der Waals surface area (Å²) in [7, 11) is 1.65. The molecule has 0 amide bonds. The summed E-state index contributed by atoms with van der Waals surface area (Å²) in [6, 6.07) is 10.0. The number of benzene rings is 2. The van der Waals surface area contributed by atoms with Crippen molar-refractivity contribution in [2.24, 2.45) is 0 Å². The largest absolute Gasteiger partial charge is 0.493 e. The first-order valence-electron chi connectivity index (χ1n) is 9.74. The highest BCUT2D eigenvalue weighted by Crippen LogP contribution is 2.35. The van der Waals surface area contributed by atoms with Crippen LogP contribution < -0.4 is 14.8 Å². The van der Waals surface area contributed by atoms with E-state index in [0.717, 1.165) is 22.1 Å². The zero-order chi connectivity index (χ0) is 19.9. The van der Waals surface area contributed by atoms with Crippen LogP contribution in [-0.2, 0) is 13.2 Å². The smallest absolute Gasteiger partial charge is 0.162 e. The van der Waals surface area contributed by atoms with Gasteiger partial charge in [-0.3, -0.25) is 0 Å². The minimum atomic E-state index is 0.279. The SMILES string of the molecule is COc1cc(CNC2CCCCCC2)c(Br)cc1OCc1c(Cl)cccc1Cl. The second-order valence-corrected chi connectivity index (χ2v) is 8.82. The molecule has 1 N–H and O–H groups in total. The third kappa shape index (κ3) is 5.79. The van der Waals surface area contributed by atoms with Gasteiger partial charge in [0.05, 0.1) is 7.11 Å². The van der Waals surface area contributed by atoms with Crippen LogP contribution in [0.4, 0.5) is 0 Å². The molecule has 6 heteroatoms. The van der Waals surface area contributed by atoms with Crippen molar-refractivity contribution in [3.63, 3.8) is 0 Å². The molecular formula is C22H26BrCl2NO2. The predicted octanol–water partition coefficient (Wildman–Crippen LogP) is 7.16. The Balaban J connectivity index is 1.68. The van der Waals surface area contributed by atoms with E-state index in [9.17, 15) is 0 Å². The highest BCUT2D eigenvalue weighted by atomic mass is 79.9. The first-order chi connectivity index (χ1) is 13.6. The summed E-state index contributed by atoms with van der Waals surface area (Å²) in [4.78, 5) is 0. The molecule has 152 valence electrons. The van der Waals surface area contributed by atoms with Gasteiger partial charge >= 0.3 is 0 Å². The van der Waals surface area contributed by atoms with Gasteiger partial charge in [-0.2, -0.15) is 0 Å². The van der Waals surface area contributed by atoms with Gasteiger partial charge in [0.25, 0.3) is 0 Å². The van der Waals surface area contributed by atoms with Crippen molar-refractivity contribution >= 4 is 39.1 Å². The highest BCUT2D eigenvalue weighted by molar-refractivity contribution is 9.10. The van der Waals surface area contributed by atoms with Crippen molar-refractivity contribution in [3.05, 3.63) is 56.0 Å². The summed E-state index contributed by atoms with van der Waals surface area (Å²) in [5.41, 5.74) is 1.92. The molecule has 2 aromatic rings. The Labute approximate surface area is 185 Å². The molecule has 2 aromatic carbocycles. The van der Waals surface area contributed by atoms with Crippen molar-refractivity contribution in [3.8, 4) is 11.5 Å². The number of halogens is 3. The lowest BCUT2D eigenvalue weighted by Gasteiger charge is -2.18. The second kappa shape index (κ2) is 10.7. The fourth-order valence-corrected chi connectivity index (χ4v) is 4.51. The normalized spacial score (nSPS) is 15.3. The van der Waals surface area contributed by atoms with E-state index in [-0.39, 0.29) is 6.61 Å². The Bertz CT molecular complexity index is 772. The molecule has 3 nitrogen and oxygen atoms in total. The number of rotatable bonds is 7.